The highest BCUT2D eigenvalue weighted by atomic mass is 35.5. The highest BCUT2D eigenvalue weighted by Crippen LogP contribution is 2.26. The Morgan fingerprint density at radius 2 is 2.00 bits per heavy atom. The number of hydrogen-bond donors (Lipinski definition) is 2. The molecule has 0 saturated heterocycles. The third-order valence-corrected chi connectivity index (χ3v) is 3.47. The van der Waals surface area contributed by atoms with E-state index in [4.69, 9.17) is 16.9 Å². The van der Waals surface area contributed by atoms with Crippen LogP contribution in [0.1, 0.15) is 22.8 Å². The van der Waals surface area contributed by atoms with Gasteiger partial charge in [0.1, 0.15) is 6.07 Å². The SMILES string of the molecule is Cc1ccccc1C(O)CNc1c(Cl)cccc1C#N. The minimum atomic E-state index is -0.654. The van der Waals surface area contributed by atoms with E-state index in [0.717, 1.165) is 11.1 Å². The van der Waals surface area contributed by atoms with Crippen molar-refractivity contribution >= 4 is 17.3 Å². The van der Waals surface area contributed by atoms with E-state index in [1.54, 1.807) is 18.2 Å². The maximum absolute atomic E-state index is 10.2. The number of anilines is 1. The van der Waals surface area contributed by atoms with E-state index in [1.165, 1.54) is 0 Å². The fourth-order valence-corrected chi connectivity index (χ4v) is 2.31. The van der Waals surface area contributed by atoms with Crippen molar-refractivity contribution in [1.82, 2.24) is 0 Å². The van der Waals surface area contributed by atoms with Gasteiger partial charge in [0.05, 0.1) is 22.4 Å². The minimum Gasteiger partial charge on any atom is -0.387 e. The van der Waals surface area contributed by atoms with Gasteiger partial charge in [-0.3, -0.25) is 0 Å². The van der Waals surface area contributed by atoms with Gasteiger partial charge in [-0.05, 0) is 30.2 Å². The highest BCUT2D eigenvalue weighted by molar-refractivity contribution is 6.33. The van der Waals surface area contributed by atoms with Crippen LogP contribution in [-0.4, -0.2) is 11.7 Å². The summed E-state index contributed by atoms with van der Waals surface area (Å²) in [5.41, 5.74) is 2.92. The molecule has 0 fully saturated rings. The number of benzene rings is 2. The first-order valence-electron chi connectivity index (χ1n) is 6.29. The number of hydrogen-bond acceptors (Lipinski definition) is 3. The van der Waals surface area contributed by atoms with Crippen LogP contribution in [0.25, 0.3) is 0 Å². The molecule has 0 radical (unpaired) electrons. The van der Waals surface area contributed by atoms with Crippen LogP contribution in [0.3, 0.4) is 0 Å². The van der Waals surface area contributed by atoms with Crippen LogP contribution in [0, 0.1) is 18.3 Å². The first kappa shape index (κ1) is 14.4. The fourth-order valence-electron chi connectivity index (χ4n) is 2.07. The Kier molecular flexibility index (Phi) is 4.62. The quantitative estimate of drug-likeness (QED) is 0.902. The highest BCUT2D eigenvalue weighted by Gasteiger charge is 2.12. The lowest BCUT2D eigenvalue weighted by Gasteiger charge is -2.16. The first-order chi connectivity index (χ1) is 9.63. The average molecular weight is 287 g/mol. The van der Waals surface area contributed by atoms with E-state index < -0.39 is 6.10 Å². The predicted molar refractivity (Wildman–Crippen MR) is 80.8 cm³/mol. The summed E-state index contributed by atoms with van der Waals surface area (Å²) >= 11 is 6.07. The molecule has 0 amide bonds. The molecule has 0 aliphatic heterocycles. The summed E-state index contributed by atoms with van der Waals surface area (Å²) in [4.78, 5) is 0. The lowest BCUT2D eigenvalue weighted by atomic mass is 10.0. The lowest BCUT2D eigenvalue weighted by molar-refractivity contribution is 0.191. The van der Waals surface area contributed by atoms with Gasteiger partial charge in [0, 0.05) is 6.54 Å². The number of nitrogens with one attached hydrogen (secondary N) is 1. The number of rotatable bonds is 4. The van der Waals surface area contributed by atoms with Crippen molar-refractivity contribution in [2.45, 2.75) is 13.0 Å². The van der Waals surface area contributed by atoms with Crippen molar-refractivity contribution in [2.24, 2.45) is 0 Å². The molecule has 20 heavy (non-hydrogen) atoms. The van der Waals surface area contributed by atoms with Crippen LogP contribution < -0.4 is 5.32 Å². The molecule has 0 aliphatic rings. The number of halogens is 1. The molecule has 0 saturated carbocycles. The van der Waals surface area contributed by atoms with Crippen molar-refractivity contribution in [3.05, 3.63) is 64.2 Å². The maximum Gasteiger partial charge on any atom is 0.101 e. The Bertz CT molecular complexity index is 649. The lowest BCUT2D eigenvalue weighted by Crippen LogP contribution is -2.14. The van der Waals surface area contributed by atoms with Crippen molar-refractivity contribution in [1.29, 1.82) is 5.26 Å². The summed E-state index contributed by atoms with van der Waals surface area (Å²) in [7, 11) is 0. The molecule has 102 valence electrons. The Morgan fingerprint density at radius 3 is 2.70 bits per heavy atom. The van der Waals surface area contributed by atoms with Gasteiger partial charge in [0.15, 0.2) is 0 Å². The average Bonchev–Trinajstić information content (AvgIpc) is 2.46. The molecular weight excluding hydrogens is 272 g/mol. The van der Waals surface area contributed by atoms with Crippen LogP contribution in [0.15, 0.2) is 42.5 Å². The number of nitriles is 1. The van der Waals surface area contributed by atoms with Crippen molar-refractivity contribution in [2.75, 3.05) is 11.9 Å². The zero-order valence-electron chi connectivity index (χ0n) is 11.1. The van der Waals surface area contributed by atoms with Crippen LogP contribution in [0.2, 0.25) is 5.02 Å². The molecule has 2 aromatic rings. The van der Waals surface area contributed by atoms with E-state index in [1.807, 2.05) is 31.2 Å². The molecule has 0 heterocycles. The Labute approximate surface area is 123 Å². The third-order valence-electron chi connectivity index (χ3n) is 3.15. The Hall–Kier alpha value is -2.02. The van der Waals surface area contributed by atoms with Gasteiger partial charge >= 0.3 is 0 Å². The topological polar surface area (TPSA) is 56.0 Å². The monoisotopic (exact) mass is 286 g/mol. The van der Waals surface area contributed by atoms with Crippen LogP contribution in [0.5, 0.6) is 0 Å². The largest absolute Gasteiger partial charge is 0.387 e. The van der Waals surface area contributed by atoms with Gasteiger partial charge in [-0.2, -0.15) is 5.26 Å². The fraction of sp³-hybridized carbons (Fsp3) is 0.188. The zero-order valence-corrected chi connectivity index (χ0v) is 11.9. The summed E-state index contributed by atoms with van der Waals surface area (Å²) in [5, 5.41) is 22.8. The molecular formula is C16H15ClN2O. The second-order valence-corrected chi connectivity index (χ2v) is 4.93. The molecule has 4 heteroatoms. The second kappa shape index (κ2) is 6.42. The van der Waals surface area contributed by atoms with Crippen molar-refractivity contribution in [3.63, 3.8) is 0 Å². The molecule has 0 aromatic heterocycles. The number of aliphatic hydroxyl groups is 1. The van der Waals surface area contributed by atoms with E-state index in [2.05, 4.69) is 11.4 Å². The summed E-state index contributed by atoms with van der Waals surface area (Å²) in [6.07, 6.45) is -0.654. The van der Waals surface area contributed by atoms with E-state index in [0.29, 0.717) is 22.8 Å². The molecule has 1 atom stereocenters. The minimum absolute atomic E-state index is 0.295. The van der Waals surface area contributed by atoms with Gasteiger partial charge in [-0.1, -0.05) is 41.9 Å². The molecule has 0 spiro atoms. The van der Waals surface area contributed by atoms with Gasteiger partial charge in [-0.15, -0.1) is 0 Å². The normalized spacial score (nSPS) is 11.7. The molecule has 2 rings (SSSR count). The summed E-state index contributed by atoms with van der Waals surface area (Å²) in [5.74, 6) is 0. The summed E-state index contributed by atoms with van der Waals surface area (Å²) in [6.45, 7) is 2.25. The van der Waals surface area contributed by atoms with E-state index in [-0.39, 0.29) is 0 Å². The second-order valence-electron chi connectivity index (χ2n) is 4.53. The van der Waals surface area contributed by atoms with Gasteiger partial charge in [0.25, 0.3) is 0 Å². The van der Waals surface area contributed by atoms with E-state index >= 15 is 0 Å². The Balaban J connectivity index is 2.14. The van der Waals surface area contributed by atoms with Crippen LogP contribution in [0.4, 0.5) is 5.69 Å². The first-order valence-corrected chi connectivity index (χ1v) is 6.67. The molecule has 2 aromatic carbocycles. The molecule has 0 bridgehead atoms. The van der Waals surface area contributed by atoms with Crippen LogP contribution in [-0.2, 0) is 0 Å². The van der Waals surface area contributed by atoms with Gasteiger partial charge in [0.2, 0.25) is 0 Å². The van der Waals surface area contributed by atoms with Crippen molar-refractivity contribution in [3.8, 4) is 6.07 Å². The number of nitrogens with zero attached hydrogens (tertiary/aromatic N) is 1. The number of para-hydroxylation sites is 1. The molecule has 1 unspecified atom stereocenters. The molecule has 0 aliphatic carbocycles. The standard InChI is InChI=1S/C16H15ClN2O/c1-11-5-2-3-7-13(11)15(20)10-19-16-12(9-18)6-4-8-14(16)17/h2-8,15,19-20H,10H2,1H3. The molecule has 2 N–H and O–H groups in total. The summed E-state index contributed by atoms with van der Waals surface area (Å²) in [6, 6.07) is 14.9. The zero-order chi connectivity index (χ0) is 14.5. The van der Waals surface area contributed by atoms with Crippen molar-refractivity contribution < 1.29 is 5.11 Å². The molecule has 3 nitrogen and oxygen atoms in total. The van der Waals surface area contributed by atoms with E-state index in [9.17, 15) is 5.11 Å². The predicted octanol–water partition coefficient (Wildman–Crippen LogP) is 3.67. The Morgan fingerprint density at radius 1 is 1.25 bits per heavy atom. The number of aliphatic hydroxyl groups excluding tert-OH is 1. The smallest absolute Gasteiger partial charge is 0.101 e. The van der Waals surface area contributed by atoms with Gasteiger partial charge < -0.3 is 10.4 Å². The van der Waals surface area contributed by atoms with Gasteiger partial charge in [-0.25, -0.2) is 0 Å². The maximum atomic E-state index is 10.2. The summed E-state index contributed by atoms with van der Waals surface area (Å²) < 4.78 is 0. The third kappa shape index (κ3) is 3.11. The number of aryl methyl sites for hydroxylation is 1. The van der Waals surface area contributed by atoms with Crippen LogP contribution >= 0.6 is 11.6 Å².